The minimum absolute atomic E-state index is 0.478. The predicted molar refractivity (Wildman–Crippen MR) is 103 cm³/mol. The van der Waals surface area contributed by atoms with Crippen molar-refractivity contribution in [3.63, 3.8) is 0 Å². The Morgan fingerprint density at radius 3 is 1.56 bits per heavy atom. The number of alkyl halides is 1. The average molecular weight is 395 g/mol. The van der Waals surface area contributed by atoms with Crippen LogP contribution in [0.5, 0.6) is 0 Å². The minimum atomic E-state index is -0.911. The molecule has 1 saturated heterocycles. The van der Waals surface area contributed by atoms with E-state index < -0.39 is 11.4 Å². The van der Waals surface area contributed by atoms with Gasteiger partial charge in [-0.1, -0.05) is 107 Å². The van der Waals surface area contributed by atoms with Gasteiger partial charge >= 0.3 is 0 Å². The van der Waals surface area contributed by atoms with Crippen LogP contribution in [-0.4, -0.2) is 11.9 Å². The Labute approximate surface area is 156 Å². The first-order chi connectivity index (χ1) is 12.3. The summed E-state index contributed by atoms with van der Waals surface area (Å²) in [7, 11) is 0. The molecule has 1 atom stereocenters. The molecule has 0 amide bonds. The van der Waals surface area contributed by atoms with E-state index in [0.717, 1.165) is 16.7 Å². The maximum Gasteiger partial charge on any atom is 0.223 e. The molecule has 3 heteroatoms. The molecule has 0 saturated carbocycles. The highest BCUT2D eigenvalue weighted by molar-refractivity contribution is 9.09. The van der Waals surface area contributed by atoms with Gasteiger partial charge in [0.25, 0.3) is 0 Å². The van der Waals surface area contributed by atoms with E-state index in [1.54, 1.807) is 0 Å². The molecule has 0 radical (unpaired) electrons. The topological polar surface area (TPSA) is 18.5 Å². The number of benzene rings is 3. The lowest BCUT2D eigenvalue weighted by Gasteiger charge is -2.33. The summed E-state index contributed by atoms with van der Waals surface area (Å²) in [4.78, 5) is 0. The maximum absolute atomic E-state index is 6.77. The Hall–Kier alpha value is -1.94. The van der Waals surface area contributed by atoms with Gasteiger partial charge in [-0.05, 0) is 5.56 Å². The third kappa shape index (κ3) is 2.82. The Morgan fingerprint density at radius 1 is 0.680 bits per heavy atom. The summed E-state index contributed by atoms with van der Waals surface area (Å²) < 4.78 is 13.2. The molecule has 25 heavy (non-hydrogen) atoms. The normalized spacial score (nSPS) is 22.0. The summed E-state index contributed by atoms with van der Waals surface area (Å²) in [6, 6.07) is 30.6. The van der Waals surface area contributed by atoms with Crippen LogP contribution in [0.15, 0.2) is 91.0 Å². The summed E-state index contributed by atoms with van der Waals surface area (Å²) in [5, 5.41) is 0.658. The molecule has 1 unspecified atom stereocenters. The van der Waals surface area contributed by atoms with Crippen molar-refractivity contribution in [3.05, 3.63) is 108 Å². The highest BCUT2D eigenvalue weighted by Crippen LogP contribution is 2.48. The van der Waals surface area contributed by atoms with E-state index in [0.29, 0.717) is 11.9 Å². The van der Waals surface area contributed by atoms with Gasteiger partial charge in [0.2, 0.25) is 5.79 Å². The molecule has 0 aromatic heterocycles. The van der Waals surface area contributed by atoms with Gasteiger partial charge in [0.05, 0.1) is 6.61 Å². The van der Waals surface area contributed by atoms with Gasteiger partial charge < -0.3 is 9.47 Å². The SMILES string of the molecule is BrCC1(c2ccccc2)COC(c2ccccc2)(c2ccccc2)O1. The van der Waals surface area contributed by atoms with Crippen molar-refractivity contribution in [1.29, 1.82) is 0 Å². The maximum atomic E-state index is 6.77. The lowest BCUT2D eigenvalue weighted by Crippen LogP contribution is -2.35. The first kappa shape index (κ1) is 16.5. The van der Waals surface area contributed by atoms with Crippen LogP contribution >= 0.6 is 15.9 Å². The lowest BCUT2D eigenvalue weighted by atomic mass is 9.95. The van der Waals surface area contributed by atoms with E-state index in [1.165, 1.54) is 0 Å². The van der Waals surface area contributed by atoms with Crippen molar-refractivity contribution in [1.82, 2.24) is 0 Å². The quantitative estimate of drug-likeness (QED) is 0.564. The molecule has 2 nitrogen and oxygen atoms in total. The monoisotopic (exact) mass is 394 g/mol. The van der Waals surface area contributed by atoms with Crippen molar-refractivity contribution in [2.75, 3.05) is 11.9 Å². The number of ether oxygens (including phenoxy) is 2. The zero-order valence-electron chi connectivity index (χ0n) is 13.8. The second-order valence-corrected chi connectivity index (χ2v) is 6.79. The van der Waals surface area contributed by atoms with Gasteiger partial charge in [-0.3, -0.25) is 0 Å². The molecular formula is C22H19BrO2. The second-order valence-electron chi connectivity index (χ2n) is 6.23. The number of hydrogen-bond donors (Lipinski definition) is 0. The molecule has 1 aliphatic rings. The Morgan fingerprint density at radius 2 is 1.12 bits per heavy atom. The summed E-state index contributed by atoms with van der Waals surface area (Å²) in [5.74, 6) is -0.911. The molecule has 0 bridgehead atoms. The van der Waals surface area contributed by atoms with Crippen LogP contribution in [0.2, 0.25) is 0 Å². The number of rotatable bonds is 4. The minimum Gasteiger partial charge on any atom is -0.339 e. The van der Waals surface area contributed by atoms with Crippen LogP contribution < -0.4 is 0 Å². The third-order valence-corrected chi connectivity index (χ3v) is 5.58. The Kier molecular flexibility index (Phi) is 4.46. The number of halogens is 1. The van der Waals surface area contributed by atoms with Crippen molar-refractivity contribution in [3.8, 4) is 0 Å². The van der Waals surface area contributed by atoms with Crippen molar-refractivity contribution in [2.45, 2.75) is 11.4 Å². The molecule has 4 rings (SSSR count). The molecule has 1 heterocycles. The second kappa shape index (κ2) is 6.75. The van der Waals surface area contributed by atoms with Crippen LogP contribution in [0, 0.1) is 0 Å². The third-order valence-electron chi connectivity index (χ3n) is 4.67. The smallest absolute Gasteiger partial charge is 0.223 e. The van der Waals surface area contributed by atoms with E-state index in [2.05, 4.69) is 52.3 Å². The van der Waals surface area contributed by atoms with Crippen molar-refractivity contribution >= 4 is 15.9 Å². The highest BCUT2D eigenvalue weighted by atomic mass is 79.9. The van der Waals surface area contributed by atoms with E-state index >= 15 is 0 Å². The van der Waals surface area contributed by atoms with Gasteiger partial charge in [0.15, 0.2) is 0 Å². The first-order valence-corrected chi connectivity index (χ1v) is 9.48. The fourth-order valence-corrected chi connectivity index (χ4v) is 3.95. The zero-order valence-corrected chi connectivity index (χ0v) is 15.4. The van der Waals surface area contributed by atoms with Crippen molar-refractivity contribution in [2.24, 2.45) is 0 Å². The molecule has 1 aliphatic heterocycles. The number of hydrogen-bond acceptors (Lipinski definition) is 2. The summed E-state index contributed by atoms with van der Waals surface area (Å²) in [6.45, 7) is 0.478. The fraction of sp³-hybridized carbons (Fsp3) is 0.182. The van der Waals surface area contributed by atoms with E-state index in [4.69, 9.17) is 9.47 Å². The molecule has 0 N–H and O–H groups in total. The largest absolute Gasteiger partial charge is 0.339 e. The van der Waals surface area contributed by atoms with Gasteiger partial charge in [0.1, 0.15) is 5.60 Å². The average Bonchev–Trinajstić information content (AvgIpc) is 3.13. The van der Waals surface area contributed by atoms with Gasteiger partial charge in [0, 0.05) is 16.5 Å². The van der Waals surface area contributed by atoms with Crippen LogP contribution in [0.25, 0.3) is 0 Å². The molecule has 1 fully saturated rings. The Balaban J connectivity index is 1.85. The molecule has 3 aromatic carbocycles. The molecule has 126 valence electrons. The lowest BCUT2D eigenvalue weighted by molar-refractivity contribution is -0.162. The predicted octanol–water partition coefficient (Wildman–Crippen LogP) is 5.22. The zero-order chi connectivity index (χ0) is 17.2. The van der Waals surface area contributed by atoms with E-state index in [9.17, 15) is 0 Å². The summed E-state index contributed by atoms with van der Waals surface area (Å²) in [5.41, 5.74) is 2.58. The van der Waals surface area contributed by atoms with Crippen LogP contribution in [0.3, 0.4) is 0 Å². The first-order valence-electron chi connectivity index (χ1n) is 8.36. The van der Waals surface area contributed by atoms with Gasteiger partial charge in [-0.25, -0.2) is 0 Å². The van der Waals surface area contributed by atoms with Crippen LogP contribution in [0.4, 0.5) is 0 Å². The summed E-state index contributed by atoms with van der Waals surface area (Å²) >= 11 is 3.66. The van der Waals surface area contributed by atoms with Gasteiger partial charge in [-0.2, -0.15) is 0 Å². The van der Waals surface area contributed by atoms with Crippen LogP contribution in [-0.2, 0) is 20.9 Å². The van der Waals surface area contributed by atoms with Gasteiger partial charge in [-0.15, -0.1) is 0 Å². The molecular weight excluding hydrogens is 376 g/mol. The molecule has 3 aromatic rings. The molecule has 0 spiro atoms. The van der Waals surface area contributed by atoms with E-state index in [1.807, 2.05) is 54.6 Å². The Bertz CT molecular complexity index is 781. The molecule has 0 aliphatic carbocycles. The summed E-state index contributed by atoms with van der Waals surface area (Å²) in [6.07, 6.45) is 0. The van der Waals surface area contributed by atoms with Crippen molar-refractivity contribution < 1.29 is 9.47 Å². The van der Waals surface area contributed by atoms with E-state index in [-0.39, 0.29) is 0 Å². The fourth-order valence-electron chi connectivity index (χ4n) is 3.35. The van der Waals surface area contributed by atoms with Crippen LogP contribution in [0.1, 0.15) is 16.7 Å². The standard InChI is InChI=1S/C22H19BrO2/c23-16-21(18-10-4-1-5-11-18)17-24-22(25-21,19-12-6-2-7-13-19)20-14-8-3-9-15-20/h1-15H,16-17H2. The highest BCUT2D eigenvalue weighted by Gasteiger charge is 2.53.